The van der Waals surface area contributed by atoms with E-state index in [9.17, 15) is 4.79 Å². The van der Waals surface area contributed by atoms with Gasteiger partial charge in [0.2, 0.25) is 0 Å². The molecule has 0 saturated carbocycles. The van der Waals surface area contributed by atoms with Gasteiger partial charge in [-0.3, -0.25) is 0 Å². The number of carbonyl (C=O) groups is 1. The fourth-order valence-electron chi connectivity index (χ4n) is 2.28. The van der Waals surface area contributed by atoms with Gasteiger partial charge in [0.05, 0.1) is 7.11 Å². The molecule has 2 aromatic rings. The molecule has 0 aromatic heterocycles. The standard InChI is InChI=1S/C21H19NO2/c1-4-16(13-14-17-9-5-8-12-20(17)22)19-11-7-6-10-18(19)15(2)21(23)24-3/h4-12H,1,22H2,2-3H3/b18-15+,19-16+. The van der Waals surface area contributed by atoms with Crippen molar-refractivity contribution >= 4 is 22.8 Å². The molecule has 2 N–H and O–H groups in total. The van der Waals surface area contributed by atoms with Crippen LogP contribution in [0.4, 0.5) is 5.69 Å². The van der Waals surface area contributed by atoms with Crippen LogP contribution in [0.1, 0.15) is 12.5 Å². The highest BCUT2D eigenvalue weighted by molar-refractivity contribution is 6.08. The molecule has 0 unspecified atom stereocenters. The van der Waals surface area contributed by atoms with E-state index in [4.69, 9.17) is 10.5 Å². The van der Waals surface area contributed by atoms with Crippen molar-refractivity contribution in [2.75, 3.05) is 12.8 Å². The second-order valence-electron chi connectivity index (χ2n) is 5.12. The molecular weight excluding hydrogens is 298 g/mol. The molecule has 120 valence electrons. The molecule has 24 heavy (non-hydrogen) atoms. The van der Waals surface area contributed by atoms with Crippen LogP contribution in [0.3, 0.4) is 0 Å². The molecule has 0 bridgehead atoms. The topological polar surface area (TPSA) is 52.3 Å². The van der Waals surface area contributed by atoms with E-state index in [0.717, 1.165) is 21.6 Å². The molecule has 0 spiro atoms. The summed E-state index contributed by atoms with van der Waals surface area (Å²) in [5.74, 6) is 5.79. The predicted molar refractivity (Wildman–Crippen MR) is 98.1 cm³/mol. The number of nitrogens with two attached hydrogens (primary N) is 1. The van der Waals surface area contributed by atoms with E-state index in [1.807, 2.05) is 42.5 Å². The highest BCUT2D eigenvalue weighted by Gasteiger charge is 2.05. The van der Waals surface area contributed by atoms with Crippen LogP contribution in [-0.4, -0.2) is 13.1 Å². The van der Waals surface area contributed by atoms with Gasteiger partial charge in [0.1, 0.15) is 0 Å². The molecule has 0 radical (unpaired) electrons. The number of carbonyl (C=O) groups excluding carboxylic acids is 1. The van der Waals surface area contributed by atoms with Gasteiger partial charge in [0.15, 0.2) is 0 Å². The van der Waals surface area contributed by atoms with E-state index >= 15 is 0 Å². The maximum Gasteiger partial charge on any atom is 0.334 e. The minimum atomic E-state index is -0.369. The largest absolute Gasteiger partial charge is 0.466 e. The number of nitrogen functional groups attached to an aromatic ring is 1. The number of ether oxygens (including phenoxy) is 1. The number of esters is 1. The summed E-state index contributed by atoms with van der Waals surface area (Å²) in [6.07, 6.45) is 1.68. The SMILES string of the molecule is C=C/C(C#Cc1ccccc1N)=c1/cccc/c1=C(/C)C(=O)OC. The maximum atomic E-state index is 11.9. The Kier molecular flexibility index (Phi) is 5.59. The van der Waals surface area contributed by atoms with E-state index in [2.05, 4.69) is 18.4 Å². The Labute approximate surface area is 141 Å². The van der Waals surface area contributed by atoms with Gasteiger partial charge in [-0.2, -0.15) is 0 Å². The molecule has 2 aromatic carbocycles. The summed E-state index contributed by atoms with van der Waals surface area (Å²) in [7, 11) is 1.37. The summed E-state index contributed by atoms with van der Waals surface area (Å²) in [4.78, 5) is 11.9. The minimum Gasteiger partial charge on any atom is -0.466 e. The highest BCUT2D eigenvalue weighted by atomic mass is 16.5. The molecule has 3 nitrogen and oxygen atoms in total. The van der Waals surface area contributed by atoms with Crippen LogP contribution in [0, 0.1) is 11.8 Å². The van der Waals surface area contributed by atoms with Crippen molar-refractivity contribution in [3.05, 3.63) is 77.2 Å². The number of benzene rings is 2. The van der Waals surface area contributed by atoms with Crippen LogP contribution in [-0.2, 0) is 9.53 Å². The number of rotatable bonds is 2. The minimum absolute atomic E-state index is 0.369. The van der Waals surface area contributed by atoms with Crippen molar-refractivity contribution in [3.63, 3.8) is 0 Å². The Morgan fingerprint density at radius 2 is 1.75 bits per heavy atom. The Morgan fingerprint density at radius 3 is 2.38 bits per heavy atom. The third-order valence-electron chi connectivity index (χ3n) is 3.61. The lowest BCUT2D eigenvalue weighted by atomic mass is 10.1. The first kappa shape index (κ1) is 17.1. The van der Waals surface area contributed by atoms with Crippen LogP contribution in [0.5, 0.6) is 0 Å². The number of allylic oxidation sites excluding steroid dienone is 1. The van der Waals surface area contributed by atoms with E-state index in [1.165, 1.54) is 7.11 Å². The molecule has 0 aliphatic heterocycles. The first-order valence-corrected chi connectivity index (χ1v) is 7.46. The van der Waals surface area contributed by atoms with Crippen LogP contribution >= 0.6 is 0 Å². The van der Waals surface area contributed by atoms with E-state index < -0.39 is 0 Å². The summed E-state index contributed by atoms with van der Waals surface area (Å²) in [6.45, 7) is 5.57. The van der Waals surface area contributed by atoms with Crippen LogP contribution in [0.25, 0.3) is 11.1 Å². The Hall–Kier alpha value is -3.25. The van der Waals surface area contributed by atoms with Gasteiger partial charge < -0.3 is 10.5 Å². The summed E-state index contributed by atoms with van der Waals surface area (Å²) < 4.78 is 4.82. The Morgan fingerprint density at radius 1 is 1.12 bits per heavy atom. The lowest BCUT2D eigenvalue weighted by Gasteiger charge is -2.01. The number of methoxy groups -OCH3 is 1. The summed E-state index contributed by atoms with van der Waals surface area (Å²) >= 11 is 0. The molecular formula is C21H19NO2. The lowest BCUT2D eigenvalue weighted by molar-refractivity contribution is -0.133. The quantitative estimate of drug-likeness (QED) is 0.524. The van der Waals surface area contributed by atoms with E-state index in [-0.39, 0.29) is 5.97 Å². The Bertz CT molecular complexity index is 959. The van der Waals surface area contributed by atoms with Crippen molar-refractivity contribution < 1.29 is 9.53 Å². The first-order chi connectivity index (χ1) is 11.6. The zero-order valence-electron chi connectivity index (χ0n) is 13.8. The van der Waals surface area contributed by atoms with Gasteiger partial charge in [-0.25, -0.2) is 4.79 Å². The molecule has 0 fully saturated rings. The van der Waals surface area contributed by atoms with Gasteiger partial charge in [-0.05, 0) is 29.5 Å². The van der Waals surface area contributed by atoms with Crippen molar-refractivity contribution in [1.82, 2.24) is 0 Å². The molecule has 3 heteroatoms. The average Bonchev–Trinajstić information content (AvgIpc) is 2.62. The van der Waals surface area contributed by atoms with Gasteiger partial charge in [-0.15, -0.1) is 0 Å². The molecule has 2 rings (SSSR count). The normalized spacial score (nSPS) is 12.4. The predicted octanol–water partition coefficient (Wildman–Crippen LogP) is 2.00. The molecule has 0 aliphatic rings. The monoisotopic (exact) mass is 317 g/mol. The first-order valence-electron chi connectivity index (χ1n) is 7.46. The summed E-state index contributed by atoms with van der Waals surface area (Å²) in [5.41, 5.74) is 8.54. The van der Waals surface area contributed by atoms with Crippen LogP contribution < -0.4 is 16.2 Å². The van der Waals surface area contributed by atoms with Crippen molar-refractivity contribution in [2.45, 2.75) is 6.92 Å². The second kappa shape index (κ2) is 7.85. The highest BCUT2D eigenvalue weighted by Crippen LogP contribution is 2.08. The lowest BCUT2D eigenvalue weighted by Crippen LogP contribution is -2.30. The molecule has 0 aliphatic carbocycles. The van der Waals surface area contributed by atoms with Crippen LogP contribution in [0.15, 0.2) is 61.2 Å². The molecule has 0 atom stereocenters. The van der Waals surface area contributed by atoms with Gasteiger partial charge >= 0.3 is 5.97 Å². The average molecular weight is 317 g/mol. The summed E-state index contributed by atoms with van der Waals surface area (Å²) in [5, 5.41) is 1.60. The molecule has 0 saturated heterocycles. The molecule has 0 amide bonds. The number of hydrogen-bond acceptors (Lipinski definition) is 3. The zero-order chi connectivity index (χ0) is 17.5. The molecule has 0 heterocycles. The number of anilines is 1. The Balaban J connectivity index is 2.74. The van der Waals surface area contributed by atoms with Gasteiger partial charge in [-0.1, -0.05) is 60.9 Å². The van der Waals surface area contributed by atoms with Crippen molar-refractivity contribution in [1.29, 1.82) is 0 Å². The van der Waals surface area contributed by atoms with Crippen LogP contribution in [0.2, 0.25) is 0 Å². The van der Waals surface area contributed by atoms with E-state index in [0.29, 0.717) is 11.3 Å². The third-order valence-corrected chi connectivity index (χ3v) is 3.61. The van der Waals surface area contributed by atoms with Crippen molar-refractivity contribution in [3.8, 4) is 11.8 Å². The zero-order valence-corrected chi connectivity index (χ0v) is 13.8. The second-order valence-corrected chi connectivity index (χ2v) is 5.12. The van der Waals surface area contributed by atoms with E-state index in [1.54, 1.807) is 19.1 Å². The van der Waals surface area contributed by atoms with Crippen molar-refractivity contribution in [2.24, 2.45) is 0 Å². The van der Waals surface area contributed by atoms with Gasteiger partial charge in [0, 0.05) is 22.4 Å². The fourth-order valence-corrected chi connectivity index (χ4v) is 2.28. The number of para-hydroxylation sites is 1. The maximum absolute atomic E-state index is 11.9. The smallest absolute Gasteiger partial charge is 0.334 e. The summed E-state index contributed by atoms with van der Waals surface area (Å²) in [6, 6.07) is 15.0. The van der Waals surface area contributed by atoms with Gasteiger partial charge in [0.25, 0.3) is 0 Å². The fraction of sp³-hybridized carbons (Fsp3) is 0.0952. The number of hydrogen-bond donors (Lipinski definition) is 1. The third kappa shape index (κ3) is 3.74.